The predicted octanol–water partition coefficient (Wildman–Crippen LogP) is 2.23. The highest BCUT2D eigenvalue weighted by molar-refractivity contribution is 7.25. The van der Waals surface area contributed by atoms with Crippen molar-refractivity contribution in [1.29, 1.82) is 0 Å². The highest BCUT2D eigenvalue weighted by atomic mass is 32.1. The van der Waals surface area contributed by atoms with Crippen LogP contribution in [0.4, 0.5) is 0 Å². The topological polar surface area (TPSA) is 86.1 Å². The summed E-state index contributed by atoms with van der Waals surface area (Å²) < 4.78 is 7.49. The van der Waals surface area contributed by atoms with Crippen molar-refractivity contribution in [2.75, 3.05) is 13.2 Å². The van der Waals surface area contributed by atoms with Crippen molar-refractivity contribution in [3.8, 4) is 0 Å². The first-order chi connectivity index (χ1) is 12.9. The van der Waals surface area contributed by atoms with E-state index in [1.807, 2.05) is 19.9 Å². The number of rotatable bonds is 4. The fourth-order valence-electron chi connectivity index (χ4n) is 3.58. The monoisotopic (exact) mass is 386 g/mol. The molecular formula is C19H22N4O3S. The Labute approximate surface area is 160 Å². The second-order valence-electron chi connectivity index (χ2n) is 7.03. The first-order valence-corrected chi connectivity index (χ1v) is 9.92. The van der Waals surface area contributed by atoms with Crippen LogP contribution in [0.2, 0.25) is 0 Å². The van der Waals surface area contributed by atoms with E-state index in [0.29, 0.717) is 22.6 Å². The van der Waals surface area contributed by atoms with Gasteiger partial charge in [0.1, 0.15) is 21.9 Å². The van der Waals surface area contributed by atoms with Gasteiger partial charge in [0.25, 0.3) is 5.56 Å². The predicted molar refractivity (Wildman–Crippen MR) is 105 cm³/mol. The maximum absolute atomic E-state index is 13.0. The molecule has 1 aliphatic heterocycles. The summed E-state index contributed by atoms with van der Waals surface area (Å²) in [4.78, 5) is 35.3. The molecule has 3 aromatic rings. The smallest absolute Gasteiger partial charge is 0.272 e. The van der Waals surface area contributed by atoms with Gasteiger partial charge in [0.05, 0.1) is 11.6 Å². The average molecular weight is 386 g/mol. The Kier molecular flexibility index (Phi) is 4.69. The Morgan fingerprint density at radius 2 is 2.19 bits per heavy atom. The largest absolute Gasteiger partial charge is 0.376 e. The summed E-state index contributed by atoms with van der Waals surface area (Å²) in [5.41, 5.74) is 2.46. The van der Waals surface area contributed by atoms with Gasteiger partial charge in [-0.25, -0.2) is 9.97 Å². The number of ether oxygens (including phenoxy) is 1. The highest BCUT2D eigenvalue weighted by Crippen LogP contribution is 2.32. The van der Waals surface area contributed by atoms with Crippen LogP contribution < -0.4 is 10.9 Å². The molecule has 27 heavy (non-hydrogen) atoms. The minimum atomic E-state index is -0.205. The number of pyridine rings is 1. The maximum atomic E-state index is 13.0. The lowest BCUT2D eigenvalue weighted by molar-refractivity contribution is -0.122. The van der Waals surface area contributed by atoms with E-state index in [9.17, 15) is 9.59 Å². The molecule has 0 bridgehead atoms. The zero-order chi connectivity index (χ0) is 19.1. The highest BCUT2D eigenvalue weighted by Gasteiger charge is 2.19. The molecule has 0 aliphatic carbocycles. The fourth-order valence-corrected chi connectivity index (χ4v) is 4.77. The molecule has 8 heteroatoms. The van der Waals surface area contributed by atoms with Crippen molar-refractivity contribution in [2.45, 2.75) is 46.3 Å². The molecule has 3 aromatic heterocycles. The van der Waals surface area contributed by atoms with Crippen molar-refractivity contribution in [2.24, 2.45) is 0 Å². The van der Waals surface area contributed by atoms with E-state index in [2.05, 4.69) is 15.3 Å². The molecule has 4 heterocycles. The third-order valence-corrected chi connectivity index (χ3v) is 5.98. The molecular weight excluding hydrogens is 364 g/mol. The normalized spacial score (nSPS) is 17.1. The average Bonchev–Trinajstić information content (AvgIpc) is 3.24. The molecule has 1 aliphatic rings. The Morgan fingerprint density at radius 1 is 1.37 bits per heavy atom. The second-order valence-corrected chi connectivity index (χ2v) is 8.03. The zero-order valence-corrected chi connectivity index (χ0v) is 16.5. The van der Waals surface area contributed by atoms with Gasteiger partial charge in [-0.15, -0.1) is 11.3 Å². The minimum absolute atomic E-state index is 0.0417. The van der Waals surface area contributed by atoms with Crippen LogP contribution in [0.5, 0.6) is 0 Å². The first-order valence-electron chi connectivity index (χ1n) is 9.10. The van der Waals surface area contributed by atoms with E-state index in [-0.39, 0.29) is 24.1 Å². The molecule has 1 saturated heterocycles. The summed E-state index contributed by atoms with van der Waals surface area (Å²) in [5, 5.41) is 3.79. The summed E-state index contributed by atoms with van der Waals surface area (Å²) in [6, 6.07) is 2.00. The molecule has 4 rings (SSSR count). The van der Waals surface area contributed by atoms with Crippen LogP contribution in [0.25, 0.3) is 20.4 Å². The van der Waals surface area contributed by atoms with Gasteiger partial charge in [-0.3, -0.25) is 14.2 Å². The fraction of sp³-hybridized carbons (Fsp3) is 0.474. The number of aromatic nitrogens is 3. The lowest BCUT2D eigenvalue weighted by atomic mass is 10.1. The Balaban J connectivity index is 1.67. The lowest BCUT2D eigenvalue weighted by Gasteiger charge is -2.13. The van der Waals surface area contributed by atoms with E-state index >= 15 is 0 Å². The molecule has 0 spiro atoms. The van der Waals surface area contributed by atoms with Crippen LogP contribution in [0.1, 0.15) is 29.9 Å². The van der Waals surface area contributed by atoms with Crippen molar-refractivity contribution < 1.29 is 9.53 Å². The Hall–Kier alpha value is -2.32. The number of hydrogen-bond donors (Lipinski definition) is 1. The van der Waals surface area contributed by atoms with Gasteiger partial charge in [0.15, 0.2) is 0 Å². The minimum Gasteiger partial charge on any atom is -0.376 e. The number of nitrogens with one attached hydrogen (secondary N) is 1. The van der Waals surface area contributed by atoms with Crippen LogP contribution in [0, 0.1) is 20.8 Å². The number of amides is 1. The van der Waals surface area contributed by atoms with Crippen molar-refractivity contribution in [3.63, 3.8) is 0 Å². The Bertz CT molecular complexity index is 1100. The molecule has 0 aromatic carbocycles. The summed E-state index contributed by atoms with van der Waals surface area (Å²) in [7, 11) is 0. The van der Waals surface area contributed by atoms with Crippen molar-refractivity contribution in [3.05, 3.63) is 33.5 Å². The van der Waals surface area contributed by atoms with Crippen LogP contribution >= 0.6 is 11.3 Å². The number of nitrogens with zero attached hydrogens (tertiary/aromatic N) is 3. The number of aryl methyl sites for hydroxylation is 3. The number of hydrogen-bond acceptors (Lipinski definition) is 6. The second kappa shape index (κ2) is 7.01. The summed E-state index contributed by atoms with van der Waals surface area (Å²) >= 11 is 1.34. The van der Waals surface area contributed by atoms with Crippen LogP contribution in [0.3, 0.4) is 0 Å². The van der Waals surface area contributed by atoms with E-state index in [1.165, 1.54) is 15.9 Å². The molecule has 0 saturated carbocycles. The quantitative estimate of drug-likeness (QED) is 0.743. The molecule has 7 nitrogen and oxygen atoms in total. The molecule has 1 amide bonds. The zero-order valence-electron chi connectivity index (χ0n) is 15.7. The standard InChI is InChI=1S/C19H22N4O3S/c1-10-7-11(2)21-18-15(10)16-17(27-18)19(25)23(12(3)22-16)9-14(24)20-8-13-5-4-6-26-13/h7,13H,4-6,8-9H2,1-3H3,(H,20,24)/t13-/m1/s1. The van der Waals surface area contributed by atoms with Crippen molar-refractivity contribution in [1.82, 2.24) is 19.9 Å². The molecule has 1 N–H and O–H groups in total. The summed E-state index contributed by atoms with van der Waals surface area (Å²) in [6.45, 7) is 6.89. The molecule has 1 fully saturated rings. The van der Waals surface area contributed by atoms with E-state index in [1.54, 1.807) is 6.92 Å². The number of carbonyl (C=O) groups is 1. The SMILES string of the molecule is Cc1cc(C)c2c(n1)sc1c(=O)n(CC(=O)NC[C@H]3CCCO3)c(C)nc12. The van der Waals surface area contributed by atoms with Crippen LogP contribution in [0.15, 0.2) is 10.9 Å². The maximum Gasteiger partial charge on any atom is 0.272 e. The number of carbonyl (C=O) groups excluding carboxylic acids is 1. The van der Waals surface area contributed by atoms with Crippen LogP contribution in [-0.4, -0.2) is 39.7 Å². The van der Waals surface area contributed by atoms with Gasteiger partial charge < -0.3 is 10.1 Å². The van der Waals surface area contributed by atoms with Gasteiger partial charge in [-0.1, -0.05) is 0 Å². The van der Waals surface area contributed by atoms with Gasteiger partial charge >= 0.3 is 0 Å². The summed E-state index contributed by atoms with van der Waals surface area (Å²) in [5.74, 6) is 0.322. The molecule has 0 unspecified atom stereocenters. The molecule has 142 valence electrons. The van der Waals surface area contributed by atoms with E-state index in [4.69, 9.17) is 4.74 Å². The number of fused-ring (bicyclic) bond motifs is 3. The molecule has 1 atom stereocenters. The molecule has 0 radical (unpaired) electrons. The van der Waals surface area contributed by atoms with Gasteiger partial charge in [0, 0.05) is 24.2 Å². The van der Waals surface area contributed by atoms with Gasteiger partial charge in [0.2, 0.25) is 5.91 Å². The number of thiophene rings is 1. The van der Waals surface area contributed by atoms with Crippen LogP contribution in [-0.2, 0) is 16.1 Å². The summed E-state index contributed by atoms with van der Waals surface area (Å²) in [6.07, 6.45) is 2.06. The lowest BCUT2D eigenvalue weighted by Crippen LogP contribution is -2.37. The van der Waals surface area contributed by atoms with Gasteiger partial charge in [-0.2, -0.15) is 0 Å². The van der Waals surface area contributed by atoms with Crippen molar-refractivity contribution >= 4 is 37.7 Å². The first kappa shape index (κ1) is 18.1. The van der Waals surface area contributed by atoms with E-state index < -0.39 is 0 Å². The third-order valence-electron chi connectivity index (χ3n) is 4.92. The Morgan fingerprint density at radius 3 is 2.93 bits per heavy atom. The third kappa shape index (κ3) is 3.35. The van der Waals surface area contributed by atoms with Gasteiger partial charge in [-0.05, 0) is 45.2 Å². The van der Waals surface area contributed by atoms with E-state index in [0.717, 1.165) is 40.9 Å².